The first-order valence-corrected chi connectivity index (χ1v) is 7.70. The molecular formula is C20H20O5. The number of hydrogen-bond acceptors (Lipinski definition) is 5. The number of ether oxygens (including phenoxy) is 3. The molecule has 0 aliphatic carbocycles. The van der Waals surface area contributed by atoms with E-state index in [0.29, 0.717) is 16.9 Å². The van der Waals surface area contributed by atoms with Gasteiger partial charge in [0.2, 0.25) is 0 Å². The van der Waals surface area contributed by atoms with Crippen LogP contribution in [0.4, 0.5) is 0 Å². The van der Waals surface area contributed by atoms with Crippen molar-refractivity contribution in [3.63, 3.8) is 0 Å². The molecule has 0 aliphatic heterocycles. The SMILES string of the molecule is COc1ccc(C=CC(=O)OCc2cc(C(C)=O)ccc2OC)cc1. The third kappa shape index (κ3) is 5.21. The number of ketones is 1. The maximum atomic E-state index is 11.9. The standard InChI is InChI=1S/C20H20O5/c1-14(21)16-7-10-19(24-3)17(12-16)13-25-20(22)11-6-15-4-8-18(23-2)9-5-15/h4-12H,13H2,1-3H3. The molecule has 0 atom stereocenters. The molecular weight excluding hydrogens is 320 g/mol. The van der Waals surface area contributed by atoms with Crippen LogP contribution < -0.4 is 9.47 Å². The van der Waals surface area contributed by atoms with Crippen LogP contribution >= 0.6 is 0 Å². The van der Waals surface area contributed by atoms with E-state index >= 15 is 0 Å². The Morgan fingerprint density at radius 1 is 1.00 bits per heavy atom. The molecule has 0 aliphatic rings. The number of Topliss-reactive ketones (excluding diaryl/α,β-unsaturated/α-hetero) is 1. The highest BCUT2D eigenvalue weighted by Crippen LogP contribution is 2.21. The monoisotopic (exact) mass is 340 g/mol. The molecule has 0 fully saturated rings. The van der Waals surface area contributed by atoms with Crippen molar-refractivity contribution >= 4 is 17.8 Å². The van der Waals surface area contributed by atoms with Crippen molar-refractivity contribution in [2.75, 3.05) is 14.2 Å². The Hall–Kier alpha value is -3.08. The van der Waals surface area contributed by atoms with Gasteiger partial charge < -0.3 is 14.2 Å². The van der Waals surface area contributed by atoms with Gasteiger partial charge in [0, 0.05) is 17.2 Å². The zero-order valence-corrected chi connectivity index (χ0v) is 14.4. The number of carbonyl (C=O) groups is 2. The Bertz CT molecular complexity index is 775. The quantitative estimate of drug-likeness (QED) is 0.437. The number of esters is 1. The van der Waals surface area contributed by atoms with Gasteiger partial charge in [0.25, 0.3) is 0 Å². The second-order valence-corrected chi connectivity index (χ2v) is 5.30. The van der Waals surface area contributed by atoms with E-state index in [9.17, 15) is 9.59 Å². The lowest BCUT2D eigenvalue weighted by Crippen LogP contribution is -2.04. The molecule has 0 amide bonds. The summed E-state index contributed by atoms with van der Waals surface area (Å²) in [5.74, 6) is 0.773. The van der Waals surface area contributed by atoms with E-state index in [-0.39, 0.29) is 12.4 Å². The predicted molar refractivity (Wildman–Crippen MR) is 94.8 cm³/mol. The number of carbonyl (C=O) groups excluding carboxylic acids is 2. The Morgan fingerprint density at radius 3 is 2.32 bits per heavy atom. The maximum Gasteiger partial charge on any atom is 0.331 e. The van der Waals surface area contributed by atoms with Crippen molar-refractivity contribution in [2.45, 2.75) is 13.5 Å². The smallest absolute Gasteiger partial charge is 0.331 e. The summed E-state index contributed by atoms with van der Waals surface area (Å²) in [6.07, 6.45) is 3.01. The molecule has 0 radical (unpaired) electrons. The summed E-state index contributed by atoms with van der Waals surface area (Å²) in [6.45, 7) is 1.51. The lowest BCUT2D eigenvalue weighted by Gasteiger charge is -2.09. The van der Waals surface area contributed by atoms with Gasteiger partial charge in [-0.2, -0.15) is 0 Å². The minimum Gasteiger partial charge on any atom is -0.497 e. The van der Waals surface area contributed by atoms with Crippen LogP contribution in [0.3, 0.4) is 0 Å². The van der Waals surface area contributed by atoms with E-state index in [1.54, 1.807) is 31.4 Å². The van der Waals surface area contributed by atoms with Gasteiger partial charge >= 0.3 is 5.97 Å². The fourth-order valence-electron chi connectivity index (χ4n) is 2.19. The van der Waals surface area contributed by atoms with Crippen LogP contribution in [0.1, 0.15) is 28.4 Å². The van der Waals surface area contributed by atoms with Gasteiger partial charge in [0.15, 0.2) is 5.78 Å². The van der Waals surface area contributed by atoms with Crippen molar-refractivity contribution in [1.29, 1.82) is 0 Å². The Morgan fingerprint density at radius 2 is 1.72 bits per heavy atom. The summed E-state index contributed by atoms with van der Waals surface area (Å²) in [5.41, 5.74) is 2.04. The summed E-state index contributed by atoms with van der Waals surface area (Å²) in [4.78, 5) is 23.4. The molecule has 5 heteroatoms. The average Bonchev–Trinajstić information content (AvgIpc) is 2.64. The van der Waals surface area contributed by atoms with Crippen LogP contribution in [-0.4, -0.2) is 26.0 Å². The molecule has 0 bridgehead atoms. The Kier molecular flexibility index (Phi) is 6.34. The predicted octanol–water partition coefficient (Wildman–Crippen LogP) is 3.66. The summed E-state index contributed by atoms with van der Waals surface area (Å²) in [5, 5.41) is 0. The van der Waals surface area contributed by atoms with E-state index in [0.717, 1.165) is 11.3 Å². The highest BCUT2D eigenvalue weighted by Gasteiger charge is 2.09. The first-order valence-electron chi connectivity index (χ1n) is 7.70. The average molecular weight is 340 g/mol. The molecule has 25 heavy (non-hydrogen) atoms. The van der Waals surface area contributed by atoms with Gasteiger partial charge in [-0.15, -0.1) is 0 Å². The van der Waals surface area contributed by atoms with Crippen molar-refractivity contribution in [2.24, 2.45) is 0 Å². The van der Waals surface area contributed by atoms with Gasteiger partial charge in [-0.05, 0) is 48.9 Å². The zero-order chi connectivity index (χ0) is 18.2. The van der Waals surface area contributed by atoms with E-state index in [4.69, 9.17) is 14.2 Å². The lowest BCUT2D eigenvalue weighted by atomic mass is 10.1. The summed E-state index contributed by atoms with van der Waals surface area (Å²) < 4.78 is 15.5. The molecule has 2 aromatic carbocycles. The molecule has 2 aromatic rings. The maximum absolute atomic E-state index is 11.9. The van der Waals surface area contributed by atoms with E-state index < -0.39 is 5.97 Å². The third-order valence-corrected chi connectivity index (χ3v) is 3.58. The van der Waals surface area contributed by atoms with Crippen molar-refractivity contribution < 1.29 is 23.8 Å². The minimum absolute atomic E-state index is 0.0239. The minimum atomic E-state index is -0.480. The summed E-state index contributed by atoms with van der Waals surface area (Å²) in [6, 6.07) is 12.3. The van der Waals surface area contributed by atoms with Crippen molar-refractivity contribution in [1.82, 2.24) is 0 Å². The van der Waals surface area contributed by atoms with Gasteiger partial charge in [-0.25, -0.2) is 4.79 Å². The van der Waals surface area contributed by atoms with Gasteiger partial charge in [-0.3, -0.25) is 4.79 Å². The van der Waals surface area contributed by atoms with Gasteiger partial charge in [-0.1, -0.05) is 12.1 Å². The zero-order valence-electron chi connectivity index (χ0n) is 14.4. The summed E-state index contributed by atoms with van der Waals surface area (Å²) in [7, 11) is 3.12. The van der Waals surface area contributed by atoms with Crippen LogP contribution in [0.5, 0.6) is 11.5 Å². The summed E-state index contributed by atoms with van der Waals surface area (Å²) >= 11 is 0. The molecule has 0 spiro atoms. The van der Waals surface area contributed by atoms with E-state index in [1.165, 1.54) is 20.1 Å². The number of benzene rings is 2. The van der Waals surface area contributed by atoms with Crippen LogP contribution in [0.25, 0.3) is 6.08 Å². The third-order valence-electron chi connectivity index (χ3n) is 3.58. The lowest BCUT2D eigenvalue weighted by molar-refractivity contribution is -0.138. The number of rotatable bonds is 7. The second-order valence-electron chi connectivity index (χ2n) is 5.30. The fraction of sp³-hybridized carbons (Fsp3) is 0.200. The Labute approximate surface area is 146 Å². The molecule has 0 aromatic heterocycles. The van der Waals surface area contributed by atoms with Crippen molar-refractivity contribution in [3.8, 4) is 11.5 Å². The molecule has 2 rings (SSSR count). The first-order chi connectivity index (χ1) is 12.0. The highest BCUT2D eigenvalue weighted by atomic mass is 16.5. The van der Waals surface area contributed by atoms with Gasteiger partial charge in [0.05, 0.1) is 14.2 Å². The molecule has 0 saturated heterocycles. The van der Waals surface area contributed by atoms with E-state index in [2.05, 4.69) is 0 Å². The largest absolute Gasteiger partial charge is 0.497 e. The molecule has 0 unspecified atom stereocenters. The molecule has 0 N–H and O–H groups in total. The van der Waals surface area contributed by atoms with Gasteiger partial charge in [0.1, 0.15) is 18.1 Å². The van der Waals surface area contributed by atoms with Crippen LogP contribution in [0.15, 0.2) is 48.5 Å². The highest BCUT2D eigenvalue weighted by molar-refractivity contribution is 5.94. The normalized spacial score (nSPS) is 10.5. The van der Waals surface area contributed by atoms with E-state index in [1.807, 2.05) is 24.3 Å². The second kappa shape index (κ2) is 8.68. The molecule has 130 valence electrons. The fourth-order valence-corrected chi connectivity index (χ4v) is 2.19. The topological polar surface area (TPSA) is 61.8 Å². The first kappa shape index (κ1) is 18.3. The molecule has 5 nitrogen and oxygen atoms in total. The molecule has 0 saturated carbocycles. The van der Waals surface area contributed by atoms with Crippen LogP contribution in [-0.2, 0) is 16.1 Å². The Balaban J connectivity index is 2.00. The van der Waals surface area contributed by atoms with Crippen LogP contribution in [0.2, 0.25) is 0 Å². The van der Waals surface area contributed by atoms with Crippen molar-refractivity contribution in [3.05, 3.63) is 65.2 Å². The van der Waals surface area contributed by atoms with Crippen LogP contribution in [0, 0.1) is 0 Å². The number of methoxy groups -OCH3 is 2. The molecule has 0 heterocycles. The number of hydrogen-bond donors (Lipinski definition) is 0.